The van der Waals surface area contributed by atoms with E-state index in [0.29, 0.717) is 12.1 Å². The molecule has 0 bridgehead atoms. The average molecular weight is 344 g/mol. The second-order valence-electron chi connectivity index (χ2n) is 4.84. The van der Waals surface area contributed by atoms with Crippen molar-refractivity contribution in [1.29, 1.82) is 0 Å². The van der Waals surface area contributed by atoms with Gasteiger partial charge in [-0.25, -0.2) is 0 Å². The standard InChI is InChI=1S/C17H14BrNO2/c1-21-17-5-2-12(11-20)8-14(17)10-19-7-6-13-9-15(18)3-4-16(13)19/h2-9,11H,10H2,1H3. The number of rotatable bonds is 4. The van der Waals surface area contributed by atoms with Gasteiger partial charge >= 0.3 is 0 Å². The lowest BCUT2D eigenvalue weighted by Gasteiger charge is -2.11. The molecule has 2 aromatic carbocycles. The van der Waals surface area contributed by atoms with E-state index in [1.54, 1.807) is 13.2 Å². The van der Waals surface area contributed by atoms with E-state index in [4.69, 9.17) is 4.74 Å². The van der Waals surface area contributed by atoms with E-state index in [1.807, 2.05) is 24.4 Å². The zero-order valence-electron chi connectivity index (χ0n) is 11.5. The lowest BCUT2D eigenvalue weighted by atomic mass is 10.1. The fourth-order valence-electron chi connectivity index (χ4n) is 2.49. The molecule has 106 valence electrons. The summed E-state index contributed by atoms with van der Waals surface area (Å²) in [6.45, 7) is 0.663. The summed E-state index contributed by atoms with van der Waals surface area (Å²) in [6.07, 6.45) is 2.90. The lowest BCUT2D eigenvalue weighted by molar-refractivity contribution is 0.112. The molecule has 0 amide bonds. The molecule has 0 saturated carbocycles. The van der Waals surface area contributed by atoms with Crippen molar-refractivity contribution < 1.29 is 9.53 Å². The summed E-state index contributed by atoms with van der Waals surface area (Å²) >= 11 is 3.48. The van der Waals surface area contributed by atoms with Gasteiger partial charge in [0.1, 0.15) is 12.0 Å². The normalized spacial score (nSPS) is 10.8. The van der Waals surface area contributed by atoms with Crippen LogP contribution < -0.4 is 4.74 Å². The molecule has 3 nitrogen and oxygen atoms in total. The van der Waals surface area contributed by atoms with Crippen molar-refractivity contribution >= 4 is 33.1 Å². The molecule has 0 atom stereocenters. The Morgan fingerprint density at radius 3 is 2.81 bits per heavy atom. The number of carbonyl (C=O) groups excluding carboxylic acids is 1. The first-order valence-electron chi connectivity index (χ1n) is 6.58. The van der Waals surface area contributed by atoms with Gasteiger partial charge in [-0.2, -0.15) is 0 Å². The van der Waals surface area contributed by atoms with Gasteiger partial charge in [0.15, 0.2) is 0 Å². The molecule has 0 aliphatic heterocycles. The van der Waals surface area contributed by atoms with E-state index >= 15 is 0 Å². The number of fused-ring (bicyclic) bond motifs is 1. The van der Waals surface area contributed by atoms with Crippen LogP contribution in [-0.2, 0) is 6.54 Å². The van der Waals surface area contributed by atoms with Crippen LogP contribution in [0.4, 0.5) is 0 Å². The molecule has 0 fully saturated rings. The van der Waals surface area contributed by atoms with Crippen molar-refractivity contribution in [2.24, 2.45) is 0 Å². The lowest BCUT2D eigenvalue weighted by Crippen LogP contribution is -2.01. The molecule has 3 rings (SSSR count). The molecule has 0 aliphatic carbocycles. The van der Waals surface area contributed by atoms with Crippen LogP contribution in [0.25, 0.3) is 10.9 Å². The molecular weight excluding hydrogens is 330 g/mol. The highest BCUT2D eigenvalue weighted by Crippen LogP contribution is 2.25. The Morgan fingerprint density at radius 2 is 2.05 bits per heavy atom. The zero-order chi connectivity index (χ0) is 14.8. The Bertz CT molecular complexity index is 808. The first kappa shape index (κ1) is 13.9. The molecule has 0 saturated heterocycles. The zero-order valence-corrected chi connectivity index (χ0v) is 13.1. The molecule has 0 spiro atoms. The van der Waals surface area contributed by atoms with E-state index in [2.05, 4.69) is 38.7 Å². The molecule has 0 N–H and O–H groups in total. The molecule has 21 heavy (non-hydrogen) atoms. The highest BCUT2D eigenvalue weighted by molar-refractivity contribution is 9.10. The minimum Gasteiger partial charge on any atom is -0.496 e. The monoisotopic (exact) mass is 343 g/mol. The van der Waals surface area contributed by atoms with Crippen LogP contribution in [0.15, 0.2) is 53.1 Å². The molecule has 1 aromatic heterocycles. The van der Waals surface area contributed by atoms with E-state index in [9.17, 15) is 4.79 Å². The summed E-state index contributed by atoms with van der Waals surface area (Å²) in [5.41, 5.74) is 2.80. The summed E-state index contributed by atoms with van der Waals surface area (Å²) in [6, 6.07) is 13.7. The van der Waals surface area contributed by atoms with Crippen molar-refractivity contribution in [2.45, 2.75) is 6.54 Å². The quantitative estimate of drug-likeness (QED) is 0.662. The predicted molar refractivity (Wildman–Crippen MR) is 87.1 cm³/mol. The number of ether oxygens (including phenoxy) is 1. The second-order valence-corrected chi connectivity index (χ2v) is 5.75. The van der Waals surface area contributed by atoms with Gasteiger partial charge in [0.25, 0.3) is 0 Å². The Labute approximate surface area is 131 Å². The average Bonchev–Trinajstić information content (AvgIpc) is 2.89. The number of carbonyl (C=O) groups is 1. The Hall–Kier alpha value is -2.07. The molecule has 0 radical (unpaired) electrons. The van der Waals surface area contributed by atoms with Gasteiger partial charge in [-0.15, -0.1) is 0 Å². The third-order valence-corrected chi connectivity index (χ3v) is 4.01. The largest absolute Gasteiger partial charge is 0.496 e. The van der Waals surface area contributed by atoms with E-state index in [1.165, 1.54) is 5.39 Å². The van der Waals surface area contributed by atoms with Crippen molar-refractivity contribution in [3.05, 3.63) is 64.3 Å². The third-order valence-electron chi connectivity index (χ3n) is 3.51. The van der Waals surface area contributed by atoms with Crippen molar-refractivity contribution in [1.82, 2.24) is 4.57 Å². The van der Waals surface area contributed by atoms with Crippen LogP contribution in [0.2, 0.25) is 0 Å². The number of hydrogen-bond acceptors (Lipinski definition) is 2. The molecule has 1 heterocycles. The first-order valence-corrected chi connectivity index (χ1v) is 7.37. The first-order chi connectivity index (χ1) is 10.2. The number of benzene rings is 2. The Balaban J connectivity index is 2.03. The van der Waals surface area contributed by atoms with Crippen LogP contribution in [0.5, 0.6) is 5.75 Å². The fraction of sp³-hybridized carbons (Fsp3) is 0.118. The van der Waals surface area contributed by atoms with Gasteiger partial charge in [-0.05, 0) is 42.5 Å². The van der Waals surface area contributed by atoms with Gasteiger partial charge in [-0.3, -0.25) is 4.79 Å². The van der Waals surface area contributed by atoms with Gasteiger partial charge in [-0.1, -0.05) is 15.9 Å². The fourth-order valence-corrected chi connectivity index (χ4v) is 2.87. The minimum atomic E-state index is 0.657. The number of halogens is 1. The van der Waals surface area contributed by atoms with Crippen LogP contribution in [0, 0.1) is 0 Å². The van der Waals surface area contributed by atoms with Gasteiger partial charge < -0.3 is 9.30 Å². The third kappa shape index (κ3) is 2.72. The highest BCUT2D eigenvalue weighted by Gasteiger charge is 2.08. The number of hydrogen-bond donors (Lipinski definition) is 0. The number of aldehydes is 1. The van der Waals surface area contributed by atoms with E-state index in [0.717, 1.165) is 27.6 Å². The maximum Gasteiger partial charge on any atom is 0.150 e. The summed E-state index contributed by atoms with van der Waals surface area (Å²) < 4.78 is 8.60. The number of nitrogens with zero attached hydrogens (tertiary/aromatic N) is 1. The maximum absolute atomic E-state index is 11.0. The maximum atomic E-state index is 11.0. The summed E-state index contributed by atoms with van der Waals surface area (Å²) in [5, 5.41) is 1.18. The SMILES string of the molecule is COc1ccc(C=O)cc1Cn1ccc2cc(Br)ccc21. The topological polar surface area (TPSA) is 31.2 Å². The molecule has 0 unspecified atom stereocenters. The van der Waals surface area contributed by atoms with E-state index in [-0.39, 0.29) is 0 Å². The van der Waals surface area contributed by atoms with Gasteiger partial charge in [0.2, 0.25) is 0 Å². The summed E-state index contributed by atoms with van der Waals surface area (Å²) in [5.74, 6) is 0.791. The van der Waals surface area contributed by atoms with Crippen molar-refractivity contribution in [3.8, 4) is 5.75 Å². The van der Waals surface area contributed by atoms with Gasteiger partial charge in [0, 0.05) is 32.7 Å². The van der Waals surface area contributed by atoms with E-state index < -0.39 is 0 Å². The predicted octanol–water partition coefficient (Wildman–Crippen LogP) is 4.27. The smallest absolute Gasteiger partial charge is 0.150 e. The summed E-state index contributed by atoms with van der Waals surface area (Å²) in [4.78, 5) is 11.0. The van der Waals surface area contributed by atoms with Crippen LogP contribution in [0.3, 0.4) is 0 Å². The van der Waals surface area contributed by atoms with Crippen LogP contribution in [0.1, 0.15) is 15.9 Å². The highest BCUT2D eigenvalue weighted by atomic mass is 79.9. The number of methoxy groups -OCH3 is 1. The summed E-state index contributed by atoms with van der Waals surface area (Å²) in [7, 11) is 1.64. The second kappa shape index (κ2) is 5.74. The van der Waals surface area contributed by atoms with Crippen molar-refractivity contribution in [2.75, 3.05) is 7.11 Å². The Morgan fingerprint density at radius 1 is 1.19 bits per heavy atom. The number of aromatic nitrogens is 1. The molecule has 4 heteroatoms. The molecule has 0 aliphatic rings. The van der Waals surface area contributed by atoms with Crippen LogP contribution in [-0.4, -0.2) is 18.0 Å². The minimum absolute atomic E-state index is 0.657. The molecule has 3 aromatic rings. The van der Waals surface area contributed by atoms with Crippen LogP contribution >= 0.6 is 15.9 Å². The molecular formula is C17H14BrNO2. The van der Waals surface area contributed by atoms with Gasteiger partial charge in [0.05, 0.1) is 13.7 Å². The van der Waals surface area contributed by atoms with Crippen molar-refractivity contribution in [3.63, 3.8) is 0 Å². The Kier molecular flexibility index (Phi) is 3.80.